The van der Waals surface area contributed by atoms with Crippen LogP contribution < -0.4 is 4.74 Å². The third kappa shape index (κ3) is 4.09. The molecule has 0 aliphatic carbocycles. The van der Waals surface area contributed by atoms with Gasteiger partial charge in [0.05, 0.1) is 30.4 Å². The minimum absolute atomic E-state index is 0.0631. The van der Waals surface area contributed by atoms with Crippen molar-refractivity contribution < 1.29 is 23.0 Å². The Labute approximate surface area is 181 Å². The molecule has 0 bridgehead atoms. The molecule has 0 amide bonds. The molecule has 1 atom stereocenters. The van der Waals surface area contributed by atoms with Gasteiger partial charge < -0.3 is 14.4 Å². The highest BCUT2D eigenvalue weighted by molar-refractivity contribution is 5.57. The molecule has 10 heteroatoms. The van der Waals surface area contributed by atoms with Gasteiger partial charge >= 0.3 is 6.18 Å². The summed E-state index contributed by atoms with van der Waals surface area (Å²) in [5, 5.41) is 15.1. The molecule has 0 saturated carbocycles. The number of rotatable bonds is 5. The summed E-state index contributed by atoms with van der Waals surface area (Å²) >= 11 is 0. The van der Waals surface area contributed by atoms with Crippen molar-refractivity contribution >= 4 is 0 Å². The van der Waals surface area contributed by atoms with Crippen LogP contribution in [-0.2, 0) is 13.2 Å². The number of benzene rings is 2. The number of imidazole rings is 1. The third-order valence-corrected chi connectivity index (χ3v) is 4.98. The van der Waals surface area contributed by atoms with Gasteiger partial charge in [0, 0.05) is 18.8 Å². The number of aliphatic hydroxyl groups excluding tert-OH is 1. The molecule has 7 nitrogen and oxygen atoms in total. The van der Waals surface area contributed by atoms with Crippen molar-refractivity contribution in [2.75, 3.05) is 7.11 Å². The first-order valence-electron chi connectivity index (χ1n) is 9.63. The number of aryl methyl sites for hydroxylation is 2. The second-order valence-corrected chi connectivity index (χ2v) is 7.25. The van der Waals surface area contributed by atoms with Crippen molar-refractivity contribution in [2.24, 2.45) is 7.05 Å². The third-order valence-electron chi connectivity index (χ3n) is 4.98. The van der Waals surface area contributed by atoms with Crippen LogP contribution >= 0.6 is 0 Å². The number of methoxy groups -OCH3 is 1. The van der Waals surface area contributed by atoms with Gasteiger partial charge in [-0.05, 0) is 36.8 Å². The van der Waals surface area contributed by atoms with E-state index in [1.165, 1.54) is 23.9 Å². The van der Waals surface area contributed by atoms with Gasteiger partial charge in [-0.15, -0.1) is 0 Å². The maximum absolute atomic E-state index is 13.1. The Morgan fingerprint density at radius 3 is 2.56 bits per heavy atom. The smallest absolute Gasteiger partial charge is 0.416 e. The minimum Gasteiger partial charge on any atom is -0.495 e. The molecule has 0 radical (unpaired) electrons. The van der Waals surface area contributed by atoms with E-state index >= 15 is 0 Å². The fourth-order valence-electron chi connectivity index (χ4n) is 3.39. The Morgan fingerprint density at radius 2 is 1.91 bits per heavy atom. The normalized spacial score (nSPS) is 12.7. The second-order valence-electron chi connectivity index (χ2n) is 7.25. The van der Waals surface area contributed by atoms with Crippen LogP contribution in [0.1, 0.15) is 28.7 Å². The molecule has 4 rings (SSSR count). The largest absolute Gasteiger partial charge is 0.495 e. The van der Waals surface area contributed by atoms with Gasteiger partial charge in [0.15, 0.2) is 11.6 Å². The van der Waals surface area contributed by atoms with E-state index in [-0.39, 0.29) is 17.2 Å². The first-order valence-corrected chi connectivity index (χ1v) is 9.63. The van der Waals surface area contributed by atoms with Crippen LogP contribution in [0, 0.1) is 6.92 Å². The van der Waals surface area contributed by atoms with E-state index in [0.717, 1.165) is 23.5 Å². The molecule has 2 aromatic carbocycles. The predicted molar refractivity (Wildman–Crippen MR) is 110 cm³/mol. The molecule has 0 saturated heterocycles. The lowest BCUT2D eigenvalue weighted by atomic mass is 10.1. The van der Waals surface area contributed by atoms with Gasteiger partial charge in [-0.1, -0.05) is 18.2 Å². The lowest BCUT2D eigenvalue weighted by Gasteiger charge is -2.13. The number of hydrogen-bond acceptors (Lipinski definition) is 5. The van der Waals surface area contributed by atoms with Crippen LogP contribution in [0.5, 0.6) is 5.75 Å². The molecule has 1 unspecified atom stereocenters. The van der Waals surface area contributed by atoms with Crippen molar-refractivity contribution in [1.82, 2.24) is 24.3 Å². The molecule has 32 heavy (non-hydrogen) atoms. The molecule has 2 heterocycles. The van der Waals surface area contributed by atoms with Gasteiger partial charge in [-0.2, -0.15) is 18.3 Å². The van der Waals surface area contributed by atoms with E-state index in [1.807, 2.05) is 13.1 Å². The molecule has 0 aliphatic rings. The van der Waals surface area contributed by atoms with Crippen molar-refractivity contribution in [3.8, 4) is 22.8 Å². The van der Waals surface area contributed by atoms with Gasteiger partial charge in [-0.3, -0.25) is 0 Å². The highest BCUT2D eigenvalue weighted by Crippen LogP contribution is 2.33. The number of ether oxygens (including phenoxy) is 1. The van der Waals surface area contributed by atoms with Crippen molar-refractivity contribution in [2.45, 2.75) is 19.2 Å². The Balaban J connectivity index is 1.67. The van der Waals surface area contributed by atoms with Gasteiger partial charge in [-0.25, -0.2) is 14.6 Å². The zero-order valence-corrected chi connectivity index (χ0v) is 17.5. The summed E-state index contributed by atoms with van der Waals surface area (Å²) in [5.74, 6) is 0.781. The summed E-state index contributed by atoms with van der Waals surface area (Å²) in [4.78, 5) is 8.50. The first kappa shape index (κ1) is 21.6. The van der Waals surface area contributed by atoms with E-state index in [1.54, 1.807) is 36.1 Å². The van der Waals surface area contributed by atoms with E-state index < -0.39 is 17.8 Å². The van der Waals surface area contributed by atoms with Gasteiger partial charge in [0.1, 0.15) is 11.9 Å². The number of aliphatic hydroxyl groups is 1. The van der Waals surface area contributed by atoms with Crippen LogP contribution in [-0.4, -0.2) is 36.5 Å². The van der Waals surface area contributed by atoms with E-state index in [2.05, 4.69) is 15.1 Å². The molecule has 0 spiro atoms. The Morgan fingerprint density at radius 1 is 1.12 bits per heavy atom. The van der Waals surface area contributed by atoms with Gasteiger partial charge in [0.25, 0.3) is 0 Å². The monoisotopic (exact) mass is 443 g/mol. The number of aromatic nitrogens is 5. The zero-order chi connectivity index (χ0) is 23.0. The summed E-state index contributed by atoms with van der Waals surface area (Å²) in [7, 11) is 3.08. The van der Waals surface area contributed by atoms with Crippen LogP contribution in [0.2, 0.25) is 0 Å². The molecule has 166 valence electrons. The second kappa shape index (κ2) is 8.12. The fraction of sp³-hybridized carbons (Fsp3) is 0.227. The van der Waals surface area contributed by atoms with Crippen LogP contribution in [0.4, 0.5) is 13.2 Å². The molecule has 1 N–H and O–H groups in total. The highest BCUT2D eigenvalue weighted by atomic mass is 19.4. The quantitative estimate of drug-likeness (QED) is 0.503. The minimum atomic E-state index is -4.47. The van der Waals surface area contributed by atoms with Crippen molar-refractivity contribution in [3.05, 3.63) is 77.6 Å². The lowest BCUT2D eigenvalue weighted by Crippen LogP contribution is -2.05. The summed E-state index contributed by atoms with van der Waals surface area (Å²) in [6.45, 7) is 1.87. The van der Waals surface area contributed by atoms with Crippen LogP contribution in [0.25, 0.3) is 17.1 Å². The maximum atomic E-state index is 13.1. The summed E-state index contributed by atoms with van der Waals surface area (Å²) < 4.78 is 47.8. The van der Waals surface area contributed by atoms with E-state index in [0.29, 0.717) is 11.3 Å². The molecule has 0 fully saturated rings. The van der Waals surface area contributed by atoms with Crippen LogP contribution in [0.15, 0.2) is 55.0 Å². The summed E-state index contributed by atoms with van der Waals surface area (Å²) in [5.41, 5.74) is 1.52. The predicted octanol–water partition coefficient (Wildman–Crippen LogP) is 4.09. The van der Waals surface area contributed by atoms with E-state index in [9.17, 15) is 18.3 Å². The summed E-state index contributed by atoms with van der Waals surface area (Å²) in [6.07, 6.45) is -2.17. The Hall–Kier alpha value is -3.66. The molecular formula is C22H20F3N5O2. The number of alkyl halides is 3. The molecule has 4 aromatic rings. The van der Waals surface area contributed by atoms with Gasteiger partial charge in [0.2, 0.25) is 0 Å². The average Bonchev–Trinajstić information content (AvgIpc) is 3.38. The van der Waals surface area contributed by atoms with Crippen molar-refractivity contribution in [1.29, 1.82) is 0 Å². The fourth-order valence-corrected chi connectivity index (χ4v) is 3.39. The molecule has 0 aliphatic heterocycles. The average molecular weight is 443 g/mol. The highest BCUT2D eigenvalue weighted by Gasteiger charge is 2.31. The van der Waals surface area contributed by atoms with Crippen LogP contribution in [0.3, 0.4) is 0 Å². The number of nitrogens with zero attached hydrogens (tertiary/aromatic N) is 5. The molecule has 2 aromatic heterocycles. The number of halogens is 3. The zero-order valence-electron chi connectivity index (χ0n) is 17.5. The topological polar surface area (TPSA) is 78.0 Å². The first-order chi connectivity index (χ1) is 15.2. The Bertz CT molecular complexity index is 1260. The Kier molecular flexibility index (Phi) is 5.47. The lowest BCUT2D eigenvalue weighted by molar-refractivity contribution is -0.137. The summed E-state index contributed by atoms with van der Waals surface area (Å²) in [6, 6.07) is 9.96. The van der Waals surface area contributed by atoms with E-state index in [4.69, 9.17) is 4.74 Å². The molecular weight excluding hydrogens is 423 g/mol. The maximum Gasteiger partial charge on any atom is 0.416 e. The number of hydrogen-bond donors (Lipinski definition) is 1. The standard InChI is InChI=1S/C22H20F3N5O2/c1-13-11-30(12-26-13)17-8-7-14(10-18(17)32-3)19(31)20-27-21(29(2)28-20)15-5-4-6-16(9-15)22(23,24)25/h4-12,19,31H,1-3H3. The van der Waals surface area contributed by atoms with Crippen molar-refractivity contribution in [3.63, 3.8) is 0 Å². The SMILES string of the molecule is COc1cc(C(O)c2nc(-c3cccc(C(F)(F)F)c3)n(C)n2)ccc1-n1cnc(C)c1.